The van der Waals surface area contributed by atoms with Crippen LogP contribution in [-0.2, 0) is 19.1 Å². The normalized spacial score (nSPS) is 25.6. The van der Waals surface area contributed by atoms with Gasteiger partial charge < -0.3 is 20.3 Å². The van der Waals surface area contributed by atoms with E-state index in [1.54, 1.807) is 18.0 Å². The Bertz CT molecular complexity index is 1300. The highest BCUT2D eigenvalue weighted by molar-refractivity contribution is 5.94. The van der Waals surface area contributed by atoms with Crippen LogP contribution in [0.4, 0.5) is 0 Å². The molecule has 5 rings (SSSR count). The van der Waals surface area contributed by atoms with Crippen molar-refractivity contribution in [2.75, 3.05) is 13.7 Å². The fourth-order valence-electron chi connectivity index (χ4n) is 5.97. The van der Waals surface area contributed by atoms with E-state index in [9.17, 15) is 19.6 Å². The molecule has 0 radical (unpaired) electrons. The Labute approximate surface area is 222 Å². The molecule has 3 fully saturated rings. The van der Waals surface area contributed by atoms with E-state index < -0.39 is 24.2 Å². The summed E-state index contributed by atoms with van der Waals surface area (Å²) in [5.41, 5.74) is 0.272. The molecule has 2 aliphatic carbocycles. The van der Waals surface area contributed by atoms with Crippen LogP contribution in [0.3, 0.4) is 0 Å². The van der Waals surface area contributed by atoms with E-state index in [1.165, 1.54) is 7.11 Å². The number of hydrogen-bond acceptors (Lipinski definition) is 7. The van der Waals surface area contributed by atoms with Crippen LogP contribution >= 0.6 is 0 Å². The first-order valence-corrected chi connectivity index (χ1v) is 13.2. The molecule has 0 bridgehead atoms. The summed E-state index contributed by atoms with van der Waals surface area (Å²) in [4.78, 5) is 41.9. The van der Waals surface area contributed by atoms with Crippen molar-refractivity contribution in [3.05, 3.63) is 36.2 Å². The van der Waals surface area contributed by atoms with Gasteiger partial charge in [0, 0.05) is 24.4 Å². The fourth-order valence-corrected chi connectivity index (χ4v) is 5.97. The lowest BCUT2D eigenvalue weighted by atomic mass is 9.98. The number of nitriles is 1. The molecule has 0 spiro atoms. The Morgan fingerprint density at radius 2 is 1.97 bits per heavy atom. The fraction of sp³-hybridized carbons (Fsp3) is 0.571. The maximum absolute atomic E-state index is 13.9. The number of hydrogen-bond donors (Lipinski definition) is 2. The molecule has 2 heterocycles. The smallest absolute Gasteiger partial charge is 0.249 e. The van der Waals surface area contributed by atoms with Crippen molar-refractivity contribution in [3.8, 4) is 6.07 Å². The average Bonchev–Trinajstić information content (AvgIpc) is 3.77. The molecule has 1 saturated heterocycles. The van der Waals surface area contributed by atoms with Crippen molar-refractivity contribution in [2.24, 2.45) is 23.2 Å². The largest absolute Gasteiger partial charge is 0.372 e. The number of methoxy groups -OCH3 is 1. The van der Waals surface area contributed by atoms with E-state index in [2.05, 4.69) is 40.7 Å². The lowest BCUT2D eigenvalue weighted by molar-refractivity contribution is -0.144. The van der Waals surface area contributed by atoms with Gasteiger partial charge in [-0.25, -0.2) is 0 Å². The maximum Gasteiger partial charge on any atom is 0.249 e. The number of amides is 3. The predicted molar refractivity (Wildman–Crippen MR) is 138 cm³/mol. The number of aromatic nitrogens is 2. The van der Waals surface area contributed by atoms with Gasteiger partial charge in [0.2, 0.25) is 17.7 Å². The molecule has 10 nitrogen and oxygen atoms in total. The molecule has 38 heavy (non-hydrogen) atoms. The summed E-state index contributed by atoms with van der Waals surface area (Å²) in [6.07, 6.45) is 3.52. The third-order valence-corrected chi connectivity index (χ3v) is 8.65. The summed E-state index contributed by atoms with van der Waals surface area (Å²) in [5, 5.41) is 25.4. The van der Waals surface area contributed by atoms with Crippen molar-refractivity contribution < 1.29 is 19.1 Å². The molecule has 3 amide bonds. The van der Waals surface area contributed by atoms with Gasteiger partial charge in [0.05, 0.1) is 12.3 Å². The summed E-state index contributed by atoms with van der Waals surface area (Å²) >= 11 is 0. The first-order chi connectivity index (χ1) is 18.2. The van der Waals surface area contributed by atoms with E-state index in [0.717, 1.165) is 23.6 Å². The Morgan fingerprint density at radius 1 is 1.24 bits per heavy atom. The monoisotopic (exact) mass is 518 g/mol. The van der Waals surface area contributed by atoms with Gasteiger partial charge in [-0.05, 0) is 36.5 Å². The second-order valence-electron chi connectivity index (χ2n) is 11.4. The molecule has 200 valence electrons. The molecule has 1 aromatic carbocycles. The molecule has 6 atom stereocenters. The number of rotatable bonds is 9. The maximum atomic E-state index is 13.9. The number of piperidine rings is 1. The molecular formula is C28H34N6O4. The van der Waals surface area contributed by atoms with Crippen LogP contribution in [0.1, 0.15) is 51.8 Å². The summed E-state index contributed by atoms with van der Waals surface area (Å²) in [6, 6.07) is 7.10. The molecule has 10 heteroatoms. The topological polar surface area (TPSA) is 137 Å². The summed E-state index contributed by atoms with van der Waals surface area (Å²) < 4.78 is 5.14. The van der Waals surface area contributed by atoms with E-state index in [4.69, 9.17) is 4.74 Å². The van der Waals surface area contributed by atoms with Crippen LogP contribution < -0.4 is 10.6 Å². The van der Waals surface area contributed by atoms with Crippen LogP contribution in [0.5, 0.6) is 0 Å². The lowest BCUT2D eigenvalue weighted by Crippen LogP contribution is -2.57. The zero-order chi connectivity index (χ0) is 27.2. The number of likely N-dealkylation sites (tertiary alicyclic amines) is 1. The van der Waals surface area contributed by atoms with Crippen molar-refractivity contribution in [1.82, 2.24) is 25.7 Å². The molecule has 3 aliphatic rings. The van der Waals surface area contributed by atoms with Gasteiger partial charge in [0.25, 0.3) is 0 Å². The van der Waals surface area contributed by atoms with Gasteiger partial charge in [-0.2, -0.15) is 15.5 Å². The van der Waals surface area contributed by atoms with Gasteiger partial charge in [0.15, 0.2) is 6.04 Å². The minimum absolute atomic E-state index is 0.0282. The van der Waals surface area contributed by atoms with Gasteiger partial charge in [-0.15, -0.1) is 0 Å². The van der Waals surface area contributed by atoms with Crippen LogP contribution in [0, 0.1) is 34.5 Å². The summed E-state index contributed by atoms with van der Waals surface area (Å²) in [7, 11) is 1.45. The first-order valence-electron chi connectivity index (χ1n) is 13.2. The third kappa shape index (κ3) is 4.71. The van der Waals surface area contributed by atoms with Gasteiger partial charge in [0.1, 0.15) is 23.9 Å². The van der Waals surface area contributed by atoms with Crippen LogP contribution in [-0.4, -0.2) is 64.7 Å². The lowest BCUT2D eigenvalue weighted by Gasteiger charge is -2.33. The molecular weight excluding hydrogens is 484 g/mol. The molecule has 2 aromatic rings. The number of carbonyl (C=O) groups excluding carboxylic acids is 3. The highest BCUT2D eigenvalue weighted by atomic mass is 16.5. The Morgan fingerprint density at radius 3 is 2.66 bits per heavy atom. The van der Waals surface area contributed by atoms with Crippen LogP contribution in [0.2, 0.25) is 0 Å². The SMILES string of the molecule is CO[C@@H](C)C(=O)N[C@@H](CC1CC1)C(=O)N1C[C@H]2[C@@H]([C@H]1C(=O)NC(C#N)c1nncc3ccccc13)C2(C)C. The zero-order valence-electron chi connectivity index (χ0n) is 22.2. The number of benzene rings is 1. The van der Waals surface area contributed by atoms with Crippen LogP contribution in [0.25, 0.3) is 10.8 Å². The molecule has 2 N–H and O–H groups in total. The summed E-state index contributed by atoms with van der Waals surface area (Å²) in [5.74, 6) is -0.461. The molecule has 1 unspecified atom stereocenters. The number of carbonyl (C=O) groups is 3. The number of nitrogens with zero attached hydrogens (tertiary/aromatic N) is 4. The zero-order valence-corrected chi connectivity index (χ0v) is 22.2. The van der Waals surface area contributed by atoms with Crippen molar-refractivity contribution >= 4 is 28.5 Å². The minimum atomic E-state index is -1.02. The highest BCUT2D eigenvalue weighted by Crippen LogP contribution is 2.65. The predicted octanol–water partition coefficient (Wildman–Crippen LogP) is 2.11. The van der Waals surface area contributed by atoms with E-state index >= 15 is 0 Å². The highest BCUT2D eigenvalue weighted by Gasteiger charge is 2.69. The Hall–Kier alpha value is -3.58. The van der Waals surface area contributed by atoms with Crippen molar-refractivity contribution in [1.29, 1.82) is 5.26 Å². The van der Waals surface area contributed by atoms with Gasteiger partial charge in [-0.1, -0.05) is 51.0 Å². The standard InChI is InChI=1S/C28H34N6O4/c1-15(38-4)25(35)31-20(11-16-9-10-16)27(37)34-14-19-22(28(19,2)3)24(34)26(36)32-21(12-29)23-18-8-6-5-7-17(18)13-30-33-23/h5-8,13,15-16,19-22,24H,9-11,14H2,1-4H3,(H,31,35)(H,32,36)/t15-,19-,20-,21?,22-,24-/m0/s1. The molecule has 2 saturated carbocycles. The third-order valence-electron chi connectivity index (χ3n) is 8.65. The Kier molecular flexibility index (Phi) is 6.82. The molecule has 1 aliphatic heterocycles. The number of nitrogens with one attached hydrogen (secondary N) is 2. The van der Waals surface area contributed by atoms with Gasteiger partial charge >= 0.3 is 0 Å². The number of fused-ring (bicyclic) bond motifs is 2. The van der Waals surface area contributed by atoms with Gasteiger partial charge in [-0.3, -0.25) is 14.4 Å². The van der Waals surface area contributed by atoms with Crippen molar-refractivity contribution in [2.45, 2.75) is 64.3 Å². The van der Waals surface area contributed by atoms with Crippen molar-refractivity contribution in [3.63, 3.8) is 0 Å². The second kappa shape index (κ2) is 9.95. The minimum Gasteiger partial charge on any atom is -0.372 e. The average molecular weight is 519 g/mol. The van der Waals surface area contributed by atoms with E-state index in [0.29, 0.717) is 24.6 Å². The van der Waals surface area contributed by atoms with E-state index in [-0.39, 0.29) is 35.0 Å². The molecule has 1 aromatic heterocycles. The Balaban J connectivity index is 1.39. The first kappa shape index (κ1) is 26.0. The second-order valence-corrected chi connectivity index (χ2v) is 11.4. The van der Waals surface area contributed by atoms with Crippen LogP contribution in [0.15, 0.2) is 30.5 Å². The van der Waals surface area contributed by atoms with E-state index in [1.807, 2.05) is 24.3 Å². The quantitative estimate of drug-likeness (QED) is 0.519. The summed E-state index contributed by atoms with van der Waals surface area (Å²) in [6.45, 7) is 6.28. The number of ether oxygens (including phenoxy) is 1.